The third-order valence-electron chi connectivity index (χ3n) is 11.8. The molecule has 0 spiro atoms. The molecule has 11 aromatic rings. The summed E-state index contributed by atoms with van der Waals surface area (Å²) in [6, 6.07) is 77.2. The third kappa shape index (κ3) is 5.46. The van der Waals surface area contributed by atoms with Gasteiger partial charge < -0.3 is 19.0 Å². The summed E-state index contributed by atoms with van der Waals surface area (Å²) in [4.78, 5) is 4.63. The van der Waals surface area contributed by atoms with E-state index in [1.165, 1.54) is 0 Å². The molecule has 4 nitrogen and oxygen atoms in total. The van der Waals surface area contributed by atoms with Crippen LogP contribution in [-0.2, 0) is 0 Å². The van der Waals surface area contributed by atoms with Gasteiger partial charge in [0.05, 0.1) is 11.4 Å². The number of hydrogen-bond donors (Lipinski definition) is 0. The zero-order valence-corrected chi connectivity index (χ0v) is 32.5. The van der Waals surface area contributed by atoms with Crippen molar-refractivity contribution in [1.82, 2.24) is 0 Å². The number of nitrogens with zero attached hydrogens (tertiary/aromatic N) is 2. The number of para-hydroxylation sites is 5. The minimum Gasteiger partial charge on any atom is -0.456 e. The van der Waals surface area contributed by atoms with E-state index in [4.69, 9.17) is 9.15 Å². The van der Waals surface area contributed by atoms with Crippen LogP contribution in [0, 0.1) is 0 Å². The van der Waals surface area contributed by atoms with Gasteiger partial charge in [-0.15, -0.1) is 0 Å². The van der Waals surface area contributed by atoms with Gasteiger partial charge in [0, 0.05) is 56.1 Å². The van der Waals surface area contributed by atoms with Crippen LogP contribution < -0.4 is 14.5 Å². The summed E-state index contributed by atoms with van der Waals surface area (Å²) in [7, 11) is 0. The van der Waals surface area contributed by atoms with Gasteiger partial charge in [-0.1, -0.05) is 133 Å². The Labute approximate surface area is 347 Å². The molecule has 0 N–H and O–H groups in total. The fourth-order valence-electron chi connectivity index (χ4n) is 9.12. The van der Waals surface area contributed by atoms with Crippen LogP contribution in [0.15, 0.2) is 223 Å². The Morgan fingerprint density at radius 3 is 1.78 bits per heavy atom. The molecule has 1 aliphatic heterocycles. The molecule has 0 fully saturated rings. The summed E-state index contributed by atoms with van der Waals surface area (Å²) in [5.41, 5.74) is 12.5. The highest BCUT2D eigenvalue weighted by Gasteiger charge is 2.26. The number of anilines is 6. The zero-order valence-electron chi connectivity index (χ0n) is 32.5. The average Bonchev–Trinajstić information content (AvgIpc) is 3.70. The van der Waals surface area contributed by atoms with Gasteiger partial charge in [0.25, 0.3) is 0 Å². The molecule has 0 radical (unpaired) electrons. The van der Waals surface area contributed by atoms with Crippen molar-refractivity contribution in [3.05, 3.63) is 218 Å². The maximum Gasteiger partial charge on any atom is 0.159 e. The van der Waals surface area contributed by atoms with Crippen LogP contribution in [0.25, 0.3) is 65.7 Å². The van der Waals surface area contributed by atoms with Gasteiger partial charge in [0.15, 0.2) is 5.58 Å². The molecule has 0 bridgehead atoms. The van der Waals surface area contributed by atoms with Gasteiger partial charge in [-0.05, 0) is 106 Å². The highest BCUT2D eigenvalue weighted by Crippen LogP contribution is 2.52. The average molecular weight is 769 g/mol. The second-order valence-electron chi connectivity index (χ2n) is 15.3. The minimum atomic E-state index is 0.836. The molecule has 1 aliphatic rings. The monoisotopic (exact) mass is 768 g/mol. The predicted octanol–water partition coefficient (Wildman–Crippen LogP) is 16.3. The molecular formula is C56H36N2O2. The van der Waals surface area contributed by atoms with E-state index in [0.717, 1.165) is 111 Å². The van der Waals surface area contributed by atoms with E-state index in [0.29, 0.717) is 0 Å². The fraction of sp³-hybridized carbons (Fsp3) is 0. The summed E-state index contributed by atoms with van der Waals surface area (Å²) < 4.78 is 13.6. The lowest BCUT2D eigenvalue weighted by atomic mass is 9.90. The predicted molar refractivity (Wildman–Crippen MR) is 249 cm³/mol. The van der Waals surface area contributed by atoms with Gasteiger partial charge in [-0.3, -0.25) is 0 Å². The Hall–Kier alpha value is -8.08. The van der Waals surface area contributed by atoms with Crippen LogP contribution in [0.3, 0.4) is 0 Å². The maximum atomic E-state index is 6.87. The molecule has 0 atom stereocenters. The number of fused-ring (bicyclic) bond motifs is 7. The highest BCUT2D eigenvalue weighted by molar-refractivity contribution is 6.18. The molecule has 0 saturated carbocycles. The van der Waals surface area contributed by atoms with E-state index in [9.17, 15) is 0 Å². The number of furan rings is 1. The van der Waals surface area contributed by atoms with Crippen LogP contribution in [0.5, 0.6) is 11.5 Å². The van der Waals surface area contributed by atoms with Gasteiger partial charge in [0.2, 0.25) is 0 Å². The molecule has 4 heteroatoms. The summed E-state index contributed by atoms with van der Waals surface area (Å²) in [5.74, 6) is 1.69. The molecule has 0 aliphatic carbocycles. The first-order chi connectivity index (χ1) is 29.8. The summed E-state index contributed by atoms with van der Waals surface area (Å²) in [6.45, 7) is 0. The molecule has 10 aromatic carbocycles. The van der Waals surface area contributed by atoms with Crippen molar-refractivity contribution in [3.8, 4) is 33.8 Å². The van der Waals surface area contributed by atoms with Crippen molar-refractivity contribution >= 4 is 77.6 Å². The van der Waals surface area contributed by atoms with E-state index in [1.54, 1.807) is 0 Å². The Balaban J connectivity index is 1.05. The largest absolute Gasteiger partial charge is 0.456 e. The molecule has 1 aromatic heterocycles. The van der Waals surface area contributed by atoms with Crippen molar-refractivity contribution in [2.75, 3.05) is 9.80 Å². The van der Waals surface area contributed by atoms with Crippen molar-refractivity contribution in [2.24, 2.45) is 0 Å². The molecule has 282 valence electrons. The summed E-state index contributed by atoms with van der Waals surface area (Å²) >= 11 is 0. The maximum absolute atomic E-state index is 6.87. The molecule has 0 saturated heterocycles. The van der Waals surface area contributed by atoms with Crippen LogP contribution >= 0.6 is 0 Å². The first kappa shape index (κ1) is 34.0. The van der Waals surface area contributed by atoms with Crippen LogP contribution in [0.4, 0.5) is 34.1 Å². The normalized spacial score (nSPS) is 11.8. The van der Waals surface area contributed by atoms with Gasteiger partial charge in [0.1, 0.15) is 17.1 Å². The minimum absolute atomic E-state index is 0.836. The van der Waals surface area contributed by atoms with Crippen LogP contribution in [-0.4, -0.2) is 0 Å². The van der Waals surface area contributed by atoms with E-state index in [1.807, 2.05) is 12.1 Å². The topological polar surface area (TPSA) is 28.9 Å². The number of ether oxygens (including phenoxy) is 1. The third-order valence-corrected chi connectivity index (χ3v) is 11.8. The first-order valence-electron chi connectivity index (χ1n) is 20.3. The molecule has 2 heterocycles. The Bertz CT molecular complexity index is 3370. The summed E-state index contributed by atoms with van der Waals surface area (Å²) in [6.07, 6.45) is 0. The highest BCUT2D eigenvalue weighted by atomic mass is 16.5. The lowest BCUT2D eigenvalue weighted by molar-refractivity contribution is 0.487. The molecule has 0 unspecified atom stereocenters. The zero-order chi connectivity index (χ0) is 39.6. The SMILES string of the molecule is c1ccc(-c2ccccc2N(c2ccc3cc4c5c(cccc5c3c2)Oc2cc(N(c3ccccc3)c3ccccc3)ccc2-4)c2cccc3c2oc2ccccc23)cc1. The molecule has 0 amide bonds. The molecule has 12 rings (SSSR count). The van der Waals surface area contributed by atoms with Gasteiger partial charge in [-0.2, -0.15) is 0 Å². The van der Waals surface area contributed by atoms with E-state index in [2.05, 4.69) is 216 Å². The van der Waals surface area contributed by atoms with Crippen molar-refractivity contribution in [3.63, 3.8) is 0 Å². The Kier molecular flexibility index (Phi) is 7.82. The second-order valence-corrected chi connectivity index (χ2v) is 15.3. The number of rotatable bonds is 7. The quantitative estimate of drug-likeness (QED) is 0.151. The number of hydrogen-bond acceptors (Lipinski definition) is 4. The lowest BCUT2D eigenvalue weighted by Crippen LogP contribution is -2.11. The lowest BCUT2D eigenvalue weighted by Gasteiger charge is -2.29. The fourth-order valence-corrected chi connectivity index (χ4v) is 9.12. The van der Waals surface area contributed by atoms with Gasteiger partial charge >= 0.3 is 0 Å². The van der Waals surface area contributed by atoms with Gasteiger partial charge in [-0.25, -0.2) is 0 Å². The summed E-state index contributed by atoms with van der Waals surface area (Å²) in [5, 5.41) is 6.75. The van der Waals surface area contributed by atoms with Crippen LogP contribution in [0.2, 0.25) is 0 Å². The van der Waals surface area contributed by atoms with Crippen molar-refractivity contribution in [1.29, 1.82) is 0 Å². The molecular weight excluding hydrogens is 733 g/mol. The number of benzene rings is 10. The van der Waals surface area contributed by atoms with E-state index >= 15 is 0 Å². The smallest absolute Gasteiger partial charge is 0.159 e. The van der Waals surface area contributed by atoms with Crippen molar-refractivity contribution in [2.45, 2.75) is 0 Å². The van der Waals surface area contributed by atoms with Crippen molar-refractivity contribution < 1.29 is 9.15 Å². The van der Waals surface area contributed by atoms with Crippen LogP contribution in [0.1, 0.15) is 0 Å². The van der Waals surface area contributed by atoms with E-state index < -0.39 is 0 Å². The molecule has 60 heavy (non-hydrogen) atoms. The Morgan fingerprint density at radius 1 is 0.333 bits per heavy atom. The van der Waals surface area contributed by atoms with E-state index in [-0.39, 0.29) is 0 Å². The second kappa shape index (κ2) is 13.8. The standard InChI is InChI=1S/C56H36N2O2/c1-4-16-37(17-5-1)43-22-10-12-26-50(43)58(51-27-14-25-47-44-23-11-13-28-52(44)60-56(47)51)41-31-30-38-34-49-45-33-32-42(57(39-18-6-2-7-19-39)40-20-8-3-9-21-40)36-54(45)59-53-29-15-24-46(55(49)53)48(38)35-41/h1-36H. The Morgan fingerprint density at radius 2 is 0.967 bits per heavy atom. The first-order valence-corrected chi connectivity index (χ1v) is 20.3.